The van der Waals surface area contributed by atoms with E-state index >= 15 is 0 Å². The number of carbonyl (C=O) groups is 1. The van der Waals surface area contributed by atoms with Crippen LogP contribution in [0.4, 0.5) is 5.69 Å². The molecule has 1 amide bonds. The average Bonchev–Trinajstić information content (AvgIpc) is 2.91. The van der Waals surface area contributed by atoms with Gasteiger partial charge in [0.05, 0.1) is 11.9 Å². The Kier molecular flexibility index (Phi) is 3.83. The number of anilines is 1. The molecule has 3 rings (SSSR count). The molecule has 0 saturated heterocycles. The summed E-state index contributed by atoms with van der Waals surface area (Å²) in [6.07, 6.45) is 6.89. The first-order valence-electron chi connectivity index (χ1n) is 6.39. The van der Waals surface area contributed by atoms with Crippen LogP contribution in [0.3, 0.4) is 0 Å². The van der Waals surface area contributed by atoms with Crippen molar-refractivity contribution in [3.8, 4) is 0 Å². The van der Waals surface area contributed by atoms with E-state index < -0.39 is 0 Å². The lowest BCUT2D eigenvalue weighted by Gasteiger charge is -2.01. The van der Waals surface area contributed by atoms with Gasteiger partial charge in [0.25, 0.3) is 0 Å². The number of benzene rings is 1. The highest BCUT2D eigenvalue weighted by Crippen LogP contribution is 2.14. The second-order valence-electron chi connectivity index (χ2n) is 4.44. The highest BCUT2D eigenvalue weighted by molar-refractivity contribution is 9.10. The molecule has 0 unspecified atom stereocenters. The Morgan fingerprint density at radius 1 is 1.19 bits per heavy atom. The molecule has 1 aromatic carbocycles. The molecule has 0 spiro atoms. The lowest BCUT2D eigenvalue weighted by molar-refractivity contribution is -0.111. The number of carbonyl (C=O) groups excluding carboxylic acids is 1. The molecule has 0 bridgehead atoms. The third-order valence-electron chi connectivity index (χ3n) is 2.96. The second-order valence-corrected chi connectivity index (χ2v) is 5.36. The molecule has 0 aliphatic carbocycles. The smallest absolute Gasteiger partial charge is 0.248 e. The molecule has 0 aliphatic rings. The van der Waals surface area contributed by atoms with Gasteiger partial charge in [0, 0.05) is 22.4 Å². The summed E-state index contributed by atoms with van der Waals surface area (Å²) in [7, 11) is 0. The first-order valence-corrected chi connectivity index (χ1v) is 7.18. The number of imidazole rings is 1. The SMILES string of the molecule is O=C(/C=C/c1cnc2ccccn12)Nc1ccc(Br)cc1. The summed E-state index contributed by atoms with van der Waals surface area (Å²) in [5.41, 5.74) is 2.47. The molecular formula is C16H12BrN3O. The van der Waals surface area contributed by atoms with Crippen LogP contribution in [0.2, 0.25) is 0 Å². The van der Waals surface area contributed by atoms with Gasteiger partial charge in [-0.2, -0.15) is 0 Å². The molecular weight excluding hydrogens is 330 g/mol. The zero-order valence-corrected chi connectivity index (χ0v) is 12.6. The van der Waals surface area contributed by atoms with Crippen molar-refractivity contribution >= 4 is 39.2 Å². The number of hydrogen-bond donors (Lipinski definition) is 1. The molecule has 0 aliphatic heterocycles. The van der Waals surface area contributed by atoms with Crippen molar-refractivity contribution in [1.82, 2.24) is 9.38 Å². The number of aromatic nitrogens is 2. The Morgan fingerprint density at radius 2 is 2.00 bits per heavy atom. The van der Waals surface area contributed by atoms with Crippen LogP contribution in [0, 0.1) is 0 Å². The fourth-order valence-electron chi connectivity index (χ4n) is 1.95. The Morgan fingerprint density at radius 3 is 2.81 bits per heavy atom. The van der Waals surface area contributed by atoms with Crippen molar-refractivity contribution in [2.45, 2.75) is 0 Å². The molecule has 0 radical (unpaired) electrons. The summed E-state index contributed by atoms with van der Waals surface area (Å²) in [6, 6.07) is 13.2. The van der Waals surface area contributed by atoms with Crippen molar-refractivity contribution in [3.63, 3.8) is 0 Å². The molecule has 0 atom stereocenters. The average molecular weight is 342 g/mol. The molecule has 5 heteroatoms. The minimum absolute atomic E-state index is 0.178. The second kappa shape index (κ2) is 5.93. The minimum atomic E-state index is -0.178. The topological polar surface area (TPSA) is 46.4 Å². The van der Waals surface area contributed by atoms with Crippen LogP contribution in [0.1, 0.15) is 5.69 Å². The van der Waals surface area contributed by atoms with Gasteiger partial charge in [-0.1, -0.05) is 22.0 Å². The maximum absolute atomic E-state index is 11.9. The lowest BCUT2D eigenvalue weighted by atomic mass is 10.3. The van der Waals surface area contributed by atoms with E-state index in [9.17, 15) is 4.79 Å². The van der Waals surface area contributed by atoms with Gasteiger partial charge in [-0.25, -0.2) is 4.98 Å². The number of nitrogens with one attached hydrogen (secondary N) is 1. The molecule has 4 nitrogen and oxygen atoms in total. The Bertz CT molecular complexity index is 806. The van der Waals surface area contributed by atoms with Crippen molar-refractivity contribution in [2.24, 2.45) is 0 Å². The predicted molar refractivity (Wildman–Crippen MR) is 87.0 cm³/mol. The summed E-state index contributed by atoms with van der Waals surface area (Å²) < 4.78 is 2.89. The van der Waals surface area contributed by atoms with Gasteiger partial charge in [0.2, 0.25) is 5.91 Å². The van der Waals surface area contributed by atoms with Crippen LogP contribution >= 0.6 is 15.9 Å². The van der Waals surface area contributed by atoms with Crippen molar-refractivity contribution in [1.29, 1.82) is 0 Å². The highest BCUT2D eigenvalue weighted by Gasteiger charge is 2.01. The van der Waals surface area contributed by atoms with Crippen LogP contribution in [0.25, 0.3) is 11.7 Å². The molecule has 2 aromatic heterocycles. The Balaban J connectivity index is 1.73. The zero-order valence-electron chi connectivity index (χ0n) is 11.0. The number of hydrogen-bond acceptors (Lipinski definition) is 2. The van der Waals surface area contributed by atoms with Crippen LogP contribution in [-0.4, -0.2) is 15.3 Å². The number of fused-ring (bicyclic) bond motifs is 1. The van der Waals surface area contributed by atoms with E-state index in [-0.39, 0.29) is 5.91 Å². The molecule has 104 valence electrons. The number of pyridine rings is 1. The van der Waals surface area contributed by atoms with Gasteiger partial charge in [0.15, 0.2) is 0 Å². The van der Waals surface area contributed by atoms with Crippen LogP contribution in [0.5, 0.6) is 0 Å². The van der Waals surface area contributed by atoms with Gasteiger partial charge in [-0.3, -0.25) is 4.79 Å². The maximum Gasteiger partial charge on any atom is 0.248 e. The summed E-state index contributed by atoms with van der Waals surface area (Å²) in [5.74, 6) is -0.178. The van der Waals surface area contributed by atoms with Gasteiger partial charge in [-0.15, -0.1) is 0 Å². The van der Waals surface area contributed by atoms with Crippen molar-refractivity contribution in [2.75, 3.05) is 5.32 Å². The van der Waals surface area contributed by atoms with Gasteiger partial charge >= 0.3 is 0 Å². The zero-order chi connectivity index (χ0) is 14.7. The molecule has 0 fully saturated rings. The predicted octanol–water partition coefficient (Wildman–Crippen LogP) is 3.75. The quantitative estimate of drug-likeness (QED) is 0.737. The largest absolute Gasteiger partial charge is 0.323 e. The lowest BCUT2D eigenvalue weighted by Crippen LogP contribution is -2.07. The third kappa shape index (κ3) is 3.20. The fourth-order valence-corrected chi connectivity index (χ4v) is 2.22. The summed E-state index contributed by atoms with van der Waals surface area (Å²) >= 11 is 3.36. The van der Waals surface area contributed by atoms with Gasteiger partial charge < -0.3 is 9.72 Å². The standard InChI is InChI=1S/C16H12BrN3O/c17-12-4-6-13(7-5-12)19-16(21)9-8-14-11-18-15-3-1-2-10-20(14)15/h1-11H,(H,19,21)/b9-8+. The highest BCUT2D eigenvalue weighted by atomic mass is 79.9. The van der Waals surface area contributed by atoms with E-state index in [4.69, 9.17) is 0 Å². The summed E-state index contributed by atoms with van der Waals surface area (Å²) in [4.78, 5) is 16.2. The van der Waals surface area contributed by atoms with E-state index in [1.54, 1.807) is 12.3 Å². The summed E-state index contributed by atoms with van der Waals surface area (Å²) in [6.45, 7) is 0. The number of amides is 1. The summed E-state index contributed by atoms with van der Waals surface area (Å²) in [5, 5.41) is 2.80. The van der Waals surface area contributed by atoms with Crippen molar-refractivity contribution in [3.05, 3.63) is 71.1 Å². The molecule has 21 heavy (non-hydrogen) atoms. The van der Waals surface area contributed by atoms with E-state index in [1.807, 2.05) is 53.1 Å². The molecule has 2 heterocycles. The van der Waals surface area contributed by atoms with Crippen LogP contribution < -0.4 is 5.32 Å². The van der Waals surface area contributed by atoms with E-state index in [1.165, 1.54) is 6.08 Å². The van der Waals surface area contributed by atoms with E-state index in [0.717, 1.165) is 21.5 Å². The van der Waals surface area contributed by atoms with Crippen molar-refractivity contribution < 1.29 is 4.79 Å². The van der Waals surface area contributed by atoms with Crippen LogP contribution in [0.15, 0.2) is 65.4 Å². The fraction of sp³-hybridized carbons (Fsp3) is 0. The first-order chi connectivity index (χ1) is 10.2. The van der Waals surface area contributed by atoms with E-state index in [2.05, 4.69) is 26.2 Å². The number of halogens is 1. The normalized spacial score (nSPS) is 11.1. The van der Waals surface area contributed by atoms with E-state index in [0.29, 0.717) is 0 Å². The molecule has 3 aromatic rings. The van der Waals surface area contributed by atoms with Gasteiger partial charge in [-0.05, 0) is 42.5 Å². The number of rotatable bonds is 3. The molecule has 1 N–H and O–H groups in total. The van der Waals surface area contributed by atoms with Gasteiger partial charge in [0.1, 0.15) is 5.65 Å². The van der Waals surface area contributed by atoms with Crippen LogP contribution in [-0.2, 0) is 4.79 Å². The Labute approximate surface area is 130 Å². The minimum Gasteiger partial charge on any atom is -0.323 e. The Hall–Kier alpha value is -2.40. The number of nitrogens with zero attached hydrogens (tertiary/aromatic N) is 2. The molecule has 0 saturated carbocycles. The monoisotopic (exact) mass is 341 g/mol. The third-order valence-corrected chi connectivity index (χ3v) is 3.49. The first kappa shape index (κ1) is 13.6. The maximum atomic E-state index is 11.9.